The number of phenolic OH excluding ortho intramolecular Hbond substituents is 2. The van der Waals surface area contributed by atoms with Crippen molar-refractivity contribution in [1.82, 2.24) is 9.80 Å². The molecule has 0 saturated carbocycles. The molecular weight excluding hydrogens is 556 g/mol. The number of aromatic hydroxyl groups is 2. The van der Waals surface area contributed by atoms with Gasteiger partial charge in [-0.05, 0) is 41.2 Å². The van der Waals surface area contributed by atoms with E-state index in [0.29, 0.717) is 56.4 Å². The van der Waals surface area contributed by atoms with Crippen molar-refractivity contribution in [2.75, 3.05) is 42.1 Å². The quantitative estimate of drug-likeness (QED) is 0.361. The van der Waals surface area contributed by atoms with Crippen LogP contribution < -0.4 is 18.9 Å². The second-order valence-electron chi connectivity index (χ2n) is 11.3. The number of nitrogens with zero attached hydrogens (tertiary/aromatic N) is 2. The number of fused-ring (bicyclic) bond motifs is 7. The van der Waals surface area contributed by atoms with E-state index in [9.17, 15) is 19.8 Å². The Morgan fingerprint density at radius 3 is 1.91 bits per heavy atom. The highest BCUT2D eigenvalue weighted by molar-refractivity contribution is 5.88. The number of hydrogen-bond acceptors (Lipinski definition) is 10. The van der Waals surface area contributed by atoms with Crippen molar-refractivity contribution in [3.05, 3.63) is 45.0 Å². The van der Waals surface area contributed by atoms with E-state index in [2.05, 4.69) is 0 Å². The predicted molar refractivity (Wildman–Crippen MR) is 157 cm³/mol. The lowest BCUT2D eigenvalue weighted by Crippen LogP contribution is -2.67. The smallest absolute Gasteiger partial charge is 0.333 e. The van der Waals surface area contributed by atoms with Gasteiger partial charge in [-0.15, -0.1) is 0 Å². The highest BCUT2D eigenvalue weighted by atomic mass is 16.5. The first-order chi connectivity index (χ1) is 20.5. The average Bonchev–Trinajstić information content (AvgIpc) is 3.00. The number of benzene rings is 2. The van der Waals surface area contributed by atoms with Gasteiger partial charge in [-0.3, -0.25) is 9.69 Å². The molecule has 0 aliphatic carbocycles. The topological polar surface area (TPSA) is 127 Å². The molecule has 1 fully saturated rings. The summed E-state index contributed by atoms with van der Waals surface area (Å²) in [4.78, 5) is 31.1. The standard InChI is InChI=1S/C32H40N2O9/c1-10-14(2)32(38)43-13-21-22-17(25(35)15(3)27(39-6)29(22)41-8)11-19-24-23-18(12-20(33(24)5)31(37)34(19)21)26(36)16(4)28(40-7)30(23)42-9/h10,19-21,24,35-36H,11-13H2,1-9H3/b14-10-/t19-,20-,21-,24-/m0/s1. The summed E-state index contributed by atoms with van der Waals surface area (Å²) in [5.41, 5.74) is 3.95. The first-order valence-corrected chi connectivity index (χ1v) is 14.2. The number of carbonyl (C=O) groups excluding carboxylic acids is 2. The number of carbonyl (C=O) groups is 2. The Kier molecular flexibility index (Phi) is 7.89. The molecule has 11 heteroatoms. The maximum atomic E-state index is 14.5. The largest absolute Gasteiger partial charge is 0.507 e. The van der Waals surface area contributed by atoms with Crippen molar-refractivity contribution in [1.29, 1.82) is 0 Å². The zero-order valence-electron chi connectivity index (χ0n) is 26.2. The van der Waals surface area contributed by atoms with Gasteiger partial charge in [-0.1, -0.05) is 6.08 Å². The SMILES string of the molecule is C/C=C(/C)C(=O)OC[C@H]1c2c(c(O)c(C)c(OC)c2OC)C[C@H]2[C@H]3c4c(c(O)c(C)c(OC)c4OC)C[C@@H](C(=O)N12)N3C. The number of allylic oxidation sites excluding steroid dienone is 1. The zero-order valence-corrected chi connectivity index (χ0v) is 26.2. The first-order valence-electron chi connectivity index (χ1n) is 14.2. The van der Waals surface area contributed by atoms with E-state index in [4.69, 9.17) is 23.7 Å². The minimum absolute atomic E-state index is 0.0258. The number of ether oxygens (including phenoxy) is 5. The van der Waals surface area contributed by atoms with Gasteiger partial charge in [0.25, 0.3) is 0 Å². The summed E-state index contributed by atoms with van der Waals surface area (Å²) in [5.74, 6) is 1.04. The lowest BCUT2D eigenvalue weighted by molar-refractivity contribution is -0.162. The summed E-state index contributed by atoms with van der Waals surface area (Å²) in [7, 11) is 7.96. The van der Waals surface area contributed by atoms with Crippen molar-refractivity contribution in [2.45, 2.75) is 64.7 Å². The highest BCUT2D eigenvalue weighted by Crippen LogP contribution is 2.58. The van der Waals surface area contributed by atoms with Crippen LogP contribution in [0.3, 0.4) is 0 Å². The molecule has 232 valence electrons. The van der Waals surface area contributed by atoms with Gasteiger partial charge in [0.15, 0.2) is 23.0 Å². The molecule has 11 nitrogen and oxygen atoms in total. The van der Waals surface area contributed by atoms with Crippen LogP contribution in [0, 0.1) is 13.8 Å². The third-order valence-corrected chi connectivity index (χ3v) is 9.43. The molecule has 3 aliphatic rings. The molecule has 3 aliphatic heterocycles. The van der Waals surface area contributed by atoms with Crippen LogP contribution in [0.2, 0.25) is 0 Å². The van der Waals surface area contributed by atoms with Crippen molar-refractivity contribution in [3.8, 4) is 34.5 Å². The summed E-state index contributed by atoms with van der Waals surface area (Å²) in [5, 5.41) is 22.9. The predicted octanol–water partition coefficient (Wildman–Crippen LogP) is 3.66. The minimum atomic E-state index is -0.794. The molecule has 2 N–H and O–H groups in total. The molecule has 1 amide bonds. The lowest BCUT2D eigenvalue weighted by atomic mass is 9.73. The lowest BCUT2D eigenvalue weighted by Gasteiger charge is -2.57. The van der Waals surface area contributed by atoms with Crippen molar-refractivity contribution in [3.63, 3.8) is 0 Å². The maximum Gasteiger partial charge on any atom is 0.333 e. The number of esters is 1. The van der Waals surface area contributed by atoms with Crippen molar-refractivity contribution in [2.24, 2.45) is 0 Å². The molecular formula is C32H40N2O9. The van der Waals surface area contributed by atoms with Crippen LogP contribution in [-0.4, -0.2) is 86.1 Å². The molecule has 2 aromatic rings. The van der Waals surface area contributed by atoms with Crippen molar-refractivity contribution >= 4 is 11.9 Å². The van der Waals surface area contributed by atoms with Crippen LogP contribution in [0.25, 0.3) is 0 Å². The Balaban J connectivity index is 1.78. The number of methoxy groups -OCH3 is 4. The molecule has 2 aromatic carbocycles. The van der Waals surface area contributed by atoms with Crippen LogP contribution in [0.15, 0.2) is 11.6 Å². The van der Waals surface area contributed by atoms with Gasteiger partial charge in [-0.25, -0.2) is 4.79 Å². The number of amides is 1. The molecule has 0 aromatic heterocycles. The van der Waals surface area contributed by atoms with E-state index in [1.807, 2.05) is 11.9 Å². The van der Waals surface area contributed by atoms with E-state index in [-0.39, 0.29) is 36.9 Å². The first kappa shape index (κ1) is 30.3. The number of phenols is 2. The molecule has 4 atom stereocenters. The monoisotopic (exact) mass is 596 g/mol. The number of likely N-dealkylation sites (N-methyl/N-ethyl adjacent to an activating group) is 1. The Morgan fingerprint density at radius 2 is 1.40 bits per heavy atom. The summed E-state index contributed by atoms with van der Waals surface area (Å²) in [6.07, 6.45) is 2.16. The van der Waals surface area contributed by atoms with E-state index in [1.54, 1.807) is 45.8 Å². The van der Waals surface area contributed by atoms with Crippen LogP contribution in [-0.2, 0) is 27.2 Å². The van der Waals surface area contributed by atoms with E-state index in [1.165, 1.54) is 21.3 Å². The second-order valence-corrected chi connectivity index (χ2v) is 11.3. The van der Waals surface area contributed by atoms with Gasteiger partial charge < -0.3 is 38.8 Å². The fraction of sp³-hybridized carbons (Fsp3) is 0.500. The Hall–Kier alpha value is -4.12. The maximum absolute atomic E-state index is 14.5. The molecule has 43 heavy (non-hydrogen) atoms. The fourth-order valence-corrected chi connectivity index (χ4v) is 7.20. The molecule has 0 spiro atoms. The molecule has 5 rings (SSSR count). The van der Waals surface area contributed by atoms with Gasteiger partial charge in [-0.2, -0.15) is 0 Å². The average molecular weight is 597 g/mol. The normalized spacial score (nSPS) is 22.8. The summed E-state index contributed by atoms with van der Waals surface area (Å²) in [6.45, 7) is 6.74. The Labute approximate surface area is 251 Å². The van der Waals surface area contributed by atoms with Crippen LogP contribution in [0.4, 0.5) is 0 Å². The van der Waals surface area contributed by atoms with Crippen LogP contribution in [0.1, 0.15) is 59.3 Å². The van der Waals surface area contributed by atoms with Gasteiger partial charge in [0, 0.05) is 45.4 Å². The third-order valence-electron chi connectivity index (χ3n) is 9.43. The second kappa shape index (κ2) is 11.2. The molecule has 0 radical (unpaired) electrons. The van der Waals surface area contributed by atoms with Crippen molar-refractivity contribution < 1.29 is 43.5 Å². The third kappa shape index (κ3) is 4.27. The number of hydrogen-bond donors (Lipinski definition) is 2. The van der Waals surface area contributed by atoms with Gasteiger partial charge >= 0.3 is 5.97 Å². The molecule has 1 saturated heterocycles. The van der Waals surface area contributed by atoms with Crippen LogP contribution in [0.5, 0.6) is 34.5 Å². The van der Waals surface area contributed by atoms with Crippen LogP contribution >= 0.6 is 0 Å². The zero-order chi connectivity index (χ0) is 31.5. The van der Waals surface area contributed by atoms with Gasteiger partial charge in [0.1, 0.15) is 18.1 Å². The fourth-order valence-electron chi connectivity index (χ4n) is 7.20. The van der Waals surface area contributed by atoms with E-state index in [0.717, 1.165) is 5.56 Å². The summed E-state index contributed by atoms with van der Waals surface area (Å²) < 4.78 is 28.9. The van der Waals surface area contributed by atoms with E-state index < -0.39 is 30.1 Å². The molecule has 3 heterocycles. The number of rotatable bonds is 7. The number of piperazine rings is 1. The van der Waals surface area contributed by atoms with Gasteiger partial charge in [0.05, 0.1) is 52.6 Å². The van der Waals surface area contributed by atoms with E-state index >= 15 is 0 Å². The molecule has 0 unspecified atom stereocenters. The Morgan fingerprint density at radius 1 is 0.884 bits per heavy atom. The summed E-state index contributed by atoms with van der Waals surface area (Å²) in [6, 6.07) is -2.38. The summed E-state index contributed by atoms with van der Waals surface area (Å²) >= 11 is 0. The highest BCUT2D eigenvalue weighted by Gasteiger charge is 2.56. The minimum Gasteiger partial charge on any atom is -0.507 e. The molecule has 2 bridgehead atoms. The Bertz CT molecular complexity index is 1530. The van der Waals surface area contributed by atoms with Gasteiger partial charge in [0.2, 0.25) is 5.91 Å².